The highest BCUT2D eigenvalue weighted by molar-refractivity contribution is 6.48. The van der Waals surface area contributed by atoms with Crippen LogP contribution in [0.1, 0.15) is 26.5 Å². The number of nitrogens with one attached hydrogen (secondary N) is 3. The van der Waals surface area contributed by atoms with Crippen LogP contribution in [0.3, 0.4) is 0 Å². The molecule has 186 valence electrons. The Labute approximate surface area is 200 Å². The minimum Gasteiger partial charge on any atom is -0.318 e. The molecule has 0 aliphatic rings. The average Bonchev–Trinajstić information content (AvgIpc) is 2.78. The lowest BCUT2D eigenvalue weighted by atomic mass is 10.1. The Morgan fingerprint density at radius 2 is 1.58 bits per heavy atom. The summed E-state index contributed by atoms with van der Waals surface area (Å²) in [5.41, 5.74) is -1.80. The number of hydrogen-bond donors (Lipinski definition) is 3. The van der Waals surface area contributed by atoms with Crippen LogP contribution in [-0.4, -0.2) is 41.9 Å². The minimum absolute atomic E-state index is 0.0347. The van der Waals surface area contributed by atoms with Gasteiger partial charge in [0.1, 0.15) is 5.69 Å². The van der Waals surface area contributed by atoms with E-state index < -0.39 is 54.6 Å². The molecule has 0 atom stereocenters. The molecule has 3 aromatic rings. The lowest BCUT2D eigenvalue weighted by Crippen LogP contribution is -2.37. The van der Waals surface area contributed by atoms with E-state index in [0.717, 1.165) is 24.3 Å². The van der Waals surface area contributed by atoms with Crippen molar-refractivity contribution in [2.45, 2.75) is 26.3 Å². The van der Waals surface area contributed by atoms with Gasteiger partial charge in [-0.3, -0.25) is 39.9 Å². The fourth-order valence-electron chi connectivity index (χ4n) is 2.86. The van der Waals surface area contributed by atoms with Crippen molar-refractivity contribution >= 4 is 45.4 Å². The van der Waals surface area contributed by atoms with Gasteiger partial charge in [0.05, 0.1) is 31.9 Å². The van der Waals surface area contributed by atoms with Crippen LogP contribution in [0, 0.1) is 30.3 Å². The molecular weight excluding hydrogens is 480 g/mol. The molecule has 0 radical (unpaired) electrons. The van der Waals surface area contributed by atoms with E-state index in [0.29, 0.717) is 6.07 Å². The number of nitro benzene ring substituents is 3. The molecule has 0 unspecified atom stereocenters. The Kier molecular flexibility index (Phi) is 6.71. The Bertz CT molecular complexity index is 1510. The fraction of sp³-hybridized carbons (Fsp3) is 0.200. The molecular formula is C20H18N8O8. The SMILES string of the molecule is CC(C)(C)N/N=C(\C(=O)Nc1ccc([N+](=O)[O-])cc1[N+](=O)[O-])c1nc2ccc([N+](=O)[O-])cc2[nH]c1=O. The smallest absolute Gasteiger partial charge is 0.299 e. The molecule has 16 nitrogen and oxygen atoms in total. The van der Waals surface area contributed by atoms with Gasteiger partial charge in [0.15, 0.2) is 11.4 Å². The molecule has 0 saturated heterocycles. The molecule has 0 aliphatic carbocycles. The van der Waals surface area contributed by atoms with Gasteiger partial charge in [-0.1, -0.05) is 0 Å². The number of carbonyl (C=O) groups excluding carboxylic acids is 1. The van der Waals surface area contributed by atoms with Crippen LogP contribution in [0.4, 0.5) is 22.7 Å². The molecule has 0 saturated carbocycles. The number of H-pyrrole nitrogens is 1. The highest BCUT2D eigenvalue weighted by atomic mass is 16.6. The van der Waals surface area contributed by atoms with Crippen molar-refractivity contribution < 1.29 is 19.6 Å². The molecule has 1 heterocycles. The maximum Gasteiger partial charge on any atom is 0.299 e. The minimum atomic E-state index is -1.08. The summed E-state index contributed by atoms with van der Waals surface area (Å²) in [6, 6.07) is 6.12. The van der Waals surface area contributed by atoms with Gasteiger partial charge in [-0.15, -0.1) is 0 Å². The quantitative estimate of drug-likeness (QED) is 0.244. The van der Waals surface area contributed by atoms with E-state index in [4.69, 9.17) is 0 Å². The summed E-state index contributed by atoms with van der Waals surface area (Å²) in [4.78, 5) is 63.4. The molecule has 0 spiro atoms. The van der Waals surface area contributed by atoms with Crippen molar-refractivity contribution in [2.24, 2.45) is 5.10 Å². The monoisotopic (exact) mass is 498 g/mol. The Morgan fingerprint density at radius 1 is 0.972 bits per heavy atom. The molecule has 0 fully saturated rings. The Balaban J connectivity index is 2.11. The maximum absolute atomic E-state index is 13.1. The molecule has 36 heavy (non-hydrogen) atoms. The molecule has 2 aromatic carbocycles. The van der Waals surface area contributed by atoms with Crippen molar-refractivity contribution in [3.05, 3.63) is 82.8 Å². The van der Waals surface area contributed by atoms with Crippen LogP contribution in [0.25, 0.3) is 11.0 Å². The van der Waals surface area contributed by atoms with E-state index in [1.54, 1.807) is 20.8 Å². The molecule has 3 N–H and O–H groups in total. The van der Waals surface area contributed by atoms with Crippen LogP contribution in [0.15, 0.2) is 46.3 Å². The fourth-order valence-corrected chi connectivity index (χ4v) is 2.86. The number of aromatic amines is 1. The summed E-state index contributed by atoms with van der Waals surface area (Å²) in [7, 11) is 0. The number of amides is 1. The topological polar surface area (TPSA) is 229 Å². The number of benzene rings is 2. The summed E-state index contributed by atoms with van der Waals surface area (Å²) < 4.78 is 0. The van der Waals surface area contributed by atoms with Crippen LogP contribution in [0.2, 0.25) is 0 Å². The van der Waals surface area contributed by atoms with E-state index in [2.05, 4.69) is 25.8 Å². The summed E-state index contributed by atoms with van der Waals surface area (Å²) in [5.74, 6) is -1.08. The van der Waals surface area contributed by atoms with Crippen molar-refractivity contribution in [3.8, 4) is 0 Å². The third-order valence-electron chi connectivity index (χ3n) is 4.47. The zero-order valence-electron chi connectivity index (χ0n) is 19.0. The second kappa shape index (κ2) is 9.53. The molecule has 1 amide bonds. The lowest BCUT2D eigenvalue weighted by molar-refractivity contribution is -0.393. The largest absolute Gasteiger partial charge is 0.318 e. The Morgan fingerprint density at radius 3 is 2.17 bits per heavy atom. The number of nitrogens with zero attached hydrogens (tertiary/aromatic N) is 5. The number of hydrazone groups is 1. The highest BCUT2D eigenvalue weighted by Crippen LogP contribution is 2.29. The van der Waals surface area contributed by atoms with E-state index in [1.807, 2.05) is 0 Å². The first-order valence-corrected chi connectivity index (χ1v) is 10.0. The van der Waals surface area contributed by atoms with Gasteiger partial charge in [-0.05, 0) is 32.9 Å². The molecule has 3 rings (SSSR count). The van der Waals surface area contributed by atoms with Gasteiger partial charge in [-0.25, -0.2) is 4.98 Å². The molecule has 16 heteroatoms. The number of rotatable bonds is 7. The number of nitro groups is 3. The van der Waals surface area contributed by atoms with Crippen molar-refractivity contribution in [3.63, 3.8) is 0 Å². The average molecular weight is 498 g/mol. The first-order valence-electron chi connectivity index (χ1n) is 10.0. The van der Waals surface area contributed by atoms with Crippen LogP contribution in [0.5, 0.6) is 0 Å². The summed E-state index contributed by atoms with van der Waals surface area (Å²) in [6.45, 7) is 5.14. The van der Waals surface area contributed by atoms with E-state index in [9.17, 15) is 39.9 Å². The third-order valence-corrected chi connectivity index (χ3v) is 4.47. The van der Waals surface area contributed by atoms with Crippen molar-refractivity contribution in [2.75, 3.05) is 5.32 Å². The van der Waals surface area contributed by atoms with E-state index in [1.165, 1.54) is 6.07 Å². The lowest BCUT2D eigenvalue weighted by Gasteiger charge is -2.18. The van der Waals surface area contributed by atoms with Gasteiger partial charge in [-0.2, -0.15) is 5.10 Å². The predicted octanol–water partition coefficient (Wildman–Crippen LogP) is 2.38. The van der Waals surface area contributed by atoms with Gasteiger partial charge in [0, 0.05) is 23.7 Å². The zero-order chi connectivity index (χ0) is 26.8. The van der Waals surface area contributed by atoms with Gasteiger partial charge in [0.2, 0.25) is 0 Å². The van der Waals surface area contributed by atoms with Crippen molar-refractivity contribution in [1.29, 1.82) is 0 Å². The van der Waals surface area contributed by atoms with E-state index >= 15 is 0 Å². The van der Waals surface area contributed by atoms with Crippen LogP contribution < -0.4 is 16.3 Å². The van der Waals surface area contributed by atoms with Gasteiger partial charge in [0.25, 0.3) is 28.5 Å². The van der Waals surface area contributed by atoms with Gasteiger partial charge >= 0.3 is 0 Å². The maximum atomic E-state index is 13.1. The first kappa shape index (κ1) is 25.3. The van der Waals surface area contributed by atoms with Crippen LogP contribution in [-0.2, 0) is 4.79 Å². The highest BCUT2D eigenvalue weighted by Gasteiger charge is 2.26. The Hall–Kier alpha value is -5.28. The number of anilines is 1. The van der Waals surface area contributed by atoms with Crippen molar-refractivity contribution in [1.82, 2.24) is 15.4 Å². The third kappa shape index (κ3) is 5.61. The standard InChI is InChI=1S/C20H18N8O8/c1-20(2,3)25-24-17(16-18(29)23-14-8-10(26(31)32)4-6-12(14)21-16)19(30)22-13-7-5-11(27(33)34)9-15(13)28(35)36/h4-9,25H,1-3H3,(H,22,30)(H,23,29)/b24-17-. The number of carbonyl (C=O) groups is 1. The summed E-state index contributed by atoms with van der Waals surface area (Å²) in [6.07, 6.45) is 0. The van der Waals surface area contributed by atoms with E-state index in [-0.39, 0.29) is 22.4 Å². The summed E-state index contributed by atoms with van der Waals surface area (Å²) >= 11 is 0. The molecule has 0 aliphatic heterocycles. The molecule has 0 bridgehead atoms. The normalized spacial score (nSPS) is 11.7. The second-order valence-electron chi connectivity index (χ2n) is 8.37. The van der Waals surface area contributed by atoms with Gasteiger partial charge < -0.3 is 15.7 Å². The second-order valence-corrected chi connectivity index (χ2v) is 8.37. The predicted molar refractivity (Wildman–Crippen MR) is 127 cm³/mol. The summed E-state index contributed by atoms with van der Waals surface area (Å²) in [5, 5.41) is 39.6. The zero-order valence-corrected chi connectivity index (χ0v) is 19.0. The number of hydrogen-bond acceptors (Lipinski definition) is 11. The number of non-ortho nitro benzene ring substituents is 2. The first-order chi connectivity index (χ1) is 16.8. The van der Waals surface area contributed by atoms with Crippen LogP contribution >= 0.6 is 0 Å². The number of aromatic nitrogens is 2. The molecule has 1 aromatic heterocycles. The number of fused-ring (bicyclic) bond motifs is 1.